The first-order chi connectivity index (χ1) is 13.2. The molecular weight excluding hydrogens is 345 g/mol. The summed E-state index contributed by atoms with van der Waals surface area (Å²) >= 11 is 0. The number of halogens is 1. The molecule has 3 heterocycles. The Hall–Kier alpha value is -3.06. The highest BCUT2D eigenvalue weighted by Crippen LogP contribution is 2.24. The van der Waals surface area contributed by atoms with Crippen molar-refractivity contribution in [3.05, 3.63) is 60.0 Å². The molecular formula is C20H20FN5O. The Morgan fingerprint density at radius 1 is 1.00 bits per heavy atom. The van der Waals surface area contributed by atoms with Crippen molar-refractivity contribution in [3.8, 4) is 11.5 Å². The number of anilines is 3. The second-order valence-electron chi connectivity index (χ2n) is 6.33. The molecule has 1 saturated heterocycles. The fraction of sp³-hybridized carbons (Fsp3) is 0.250. The van der Waals surface area contributed by atoms with Crippen molar-refractivity contribution in [2.24, 2.45) is 0 Å². The van der Waals surface area contributed by atoms with Crippen molar-refractivity contribution in [1.82, 2.24) is 15.0 Å². The first-order valence-corrected chi connectivity index (χ1v) is 8.86. The first-order valence-electron chi connectivity index (χ1n) is 8.86. The van der Waals surface area contributed by atoms with Gasteiger partial charge in [0, 0.05) is 30.5 Å². The van der Waals surface area contributed by atoms with Gasteiger partial charge in [0.25, 0.3) is 0 Å². The number of rotatable bonds is 4. The van der Waals surface area contributed by atoms with E-state index in [0.717, 1.165) is 30.3 Å². The molecule has 0 bridgehead atoms. The summed E-state index contributed by atoms with van der Waals surface area (Å²) in [5.74, 6) is 1.72. The van der Waals surface area contributed by atoms with Gasteiger partial charge in [-0.15, -0.1) is 0 Å². The van der Waals surface area contributed by atoms with E-state index >= 15 is 0 Å². The average molecular weight is 365 g/mol. The molecule has 1 aromatic carbocycles. The zero-order chi connectivity index (χ0) is 18.6. The topological polar surface area (TPSA) is 63.2 Å². The Labute approximate surface area is 157 Å². The lowest BCUT2D eigenvalue weighted by Crippen LogP contribution is -2.36. The van der Waals surface area contributed by atoms with Gasteiger partial charge in [-0.05, 0) is 43.3 Å². The summed E-state index contributed by atoms with van der Waals surface area (Å²) in [5.41, 5.74) is 2.37. The van der Waals surface area contributed by atoms with E-state index in [9.17, 15) is 4.39 Å². The zero-order valence-corrected chi connectivity index (χ0v) is 15.0. The number of hydrogen-bond acceptors (Lipinski definition) is 6. The molecule has 0 aliphatic carbocycles. The first kappa shape index (κ1) is 17.4. The highest BCUT2D eigenvalue weighted by atomic mass is 19.1. The lowest BCUT2D eigenvalue weighted by Gasteiger charge is -2.28. The van der Waals surface area contributed by atoms with E-state index in [0.29, 0.717) is 30.5 Å². The fourth-order valence-electron chi connectivity index (χ4n) is 2.92. The molecule has 1 fully saturated rings. The smallest absolute Gasteiger partial charge is 0.182 e. The van der Waals surface area contributed by atoms with Crippen LogP contribution < -0.4 is 10.2 Å². The van der Waals surface area contributed by atoms with Gasteiger partial charge in [0.2, 0.25) is 0 Å². The third-order valence-corrected chi connectivity index (χ3v) is 4.28. The molecule has 1 N–H and O–H groups in total. The van der Waals surface area contributed by atoms with Crippen LogP contribution in [0, 0.1) is 12.7 Å². The lowest BCUT2D eigenvalue weighted by molar-refractivity contribution is 0.122. The number of benzene rings is 1. The molecule has 6 nitrogen and oxygen atoms in total. The van der Waals surface area contributed by atoms with Crippen LogP contribution in [0.15, 0.2) is 48.5 Å². The van der Waals surface area contributed by atoms with Crippen LogP contribution in [0.2, 0.25) is 0 Å². The van der Waals surface area contributed by atoms with Crippen molar-refractivity contribution in [2.75, 3.05) is 36.5 Å². The van der Waals surface area contributed by atoms with E-state index in [1.165, 1.54) is 12.1 Å². The van der Waals surface area contributed by atoms with E-state index < -0.39 is 0 Å². The number of nitrogens with zero attached hydrogens (tertiary/aromatic N) is 4. The number of nitrogens with one attached hydrogen (secondary N) is 1. The molecule has 0 amide bonds. The summed E-state index contributed by atoms with van der Waals surface area (Å²) in [5, 5.41) is 3.23. The molecule has 4 rings (SSSR count). The normalized spacial score (nSPS) is 14.2. The quantitative estimate of drug-likeness (QED) is 0.763. The summed E-state index contributed by atoms with van der Waals surface area (Å²) in [6, 6.07) is 13.8. The molecule has 7 heteroatoms. The van der Waals surface area contributed by atoms with Gasteiger partial charge < -0.3 is 15.0 Å². The van der Waals surface area contributed by atoms with Gasteiger partial charge in [-0.25, -0.2) is 19.3 Å². The Morgan fingerprint density at radius 3 is 2.52 bits per heavy atom. The van der Waals surface area contributed by atoms with Crippen LogP contribution >= 0.6 is 0 Å². The summed E-state index contributed by atoms with van der Waals surface area (Å²) in [7, 11) is 0. The minimum Gasteiger partial charge on any atom is -0.378 e. The summed E-state index contributed by atoms with van der Waals surface area (Å²) < 4.78 is 18.6. The van der Waals surface area contributed by atoms with E-state index in [4.69, 9.17) is 9.72 Å². The second kappa shape index (κ2) is 7.67. The van der Waals surface area contributed by atoms with E-state index in [2.05, 4.69) is 20.2 Å². The van der Waals surface area contributed by atoms with Crippen molar-refractivity contribution in [2.45, 2.75) is 6.92 Å². The van der Waals surface area contributed by atoms with Gasteiger partial charge >= 0.3 is 0 Å². The molecule has 1 aliphatic heterocycles. The maximum absolute atomic E-state index is 13.2. The van der Waals surface area contributed by atoms with Crippen molar-refractivity contribution in [3.63, 3.8) is 0 Å². The largest absolute Gasteiger partial charge is 0.378 e. The fourth-order valence-corrected chi connectivity index (χ4v) is 2.92. The number of aromatic nitrogens is 3. The van der Waals surface area contributed by atoms with Crippen molar-refractivity contribution < 1.29 is 9.13 Å². The van der Waals surface area contributed by atoms with E-state index in [1.54, 1.807) is 12.1 Å². The van der Waals surface area contributed by atoms with Crippen LogP contribution in [0.25, 0.3) is 11.5 Å². The molecule has 138 valence electrons. The minimum atomic E-state index is -0.276. The summed E-state index contributed by atoms with van der Waals surface area (Å²) in [6.07, 6.45) is 0. The molecule has 0 saturated carbocycles. The highest BCUT2D eigenvalue weighted by Gasteiger charge is 2.16. The molecule has 0 radical (unpaired) electrons. The Bertz CT molecular complexity index is 926. The molecule has 1 aliphatic rings. The van der Waals surface area contributed by atoms with Crippen LogP contribution in [0.1, 0.15) is 5.69 Å². The summed E-state index contributed by atoms with van der Waals surface area (Å²) in [6.45, 7) is 4.82. The standard InChI is InChI=1S/C20H20FN5O/c1-14-3-2-4-17(22-14)20-24-18(23-16-7-5-15(21)6-8-16)13-19(25-20)26-9-11-27-12-10-26/h2-8,13H,9-12H2,1H3,(H,23,24,25). The van der Waals surface area contributed by atoms with Gasteiger partial charge in [0.05, 0.1) is 13.2 Å². The zero-order valence-electron chi connectivity index (χ0n) is 15.0. The van der Waals surface area contributed by atoms with Crippen LogP contribution in [0.4, 0.5) is 21.7 Å². The average Bonchev–Trinajstić information content (AvgIpc) is 2.70. The van der Waals surface area contributed by atoms with Gasteiger partial charge in [-0.2, -0.15) is 0 Å². The Balaban J connectivity index is 1.72. The number of ether oxygens (including phenoxy) is 1. The number of pyridine rings is 1. The molecule has 0 atom stereocenters. The van der Waals surface area contributed by atoms with Crippen LogP contribution in [0.5, 0.6) is 0 Å². The molecule has 0 unspecified atom stereocenters. The second-order valence-corrected chi connectivity index (χ2v) is 6.33. The highest BCUT2D eigenvalue weighted by molar-refractivity contribution is 5.64. The van der Waals surface area contributed by atoms with Crippen LogP contribution in [0.3, 0.4) is 0 Å². The lowest BCUT2D eigenvalue weighted by atomic mass is 10.3. The predicted octanol–water partition coefficient (Wildman–Crippen LogP) is 3.57. The van der Waals surface area contributed by atoms with Gasteiger partial charge in [-0.1, -0.05) is 6.07 Å². The van der Waals surface area contributed by atoms with Crippen LogP contribution in [-0.2, 0) is 4.74 Å². The van der Waals surface area contributed by atoms with Gasteiger partial charge in [0.1, 0.15) is 23.1 Å². The number of morpholine rings is 1. The minimum absolute atomic E-state index is 0.276. The maximum atomic E-state index is 13.2. The molecule has 27 heavy (non-hydrogen) atoms. The SMILES string of the molecule is Cc1cccc(-c2nc(Nc3ccc(F)cc3)cc(N3CCOCC3)n2)n1. The van der Waals surface area contributed by atoms with E-state index in [1.807, 2.05) is 31.2 Å². The van der Waals surface area contributed by atoms with Gasteiger partial charge in [-0.3, -0.25) is 0 Å². The van der Waals surface area contributed by atoms with Crippen LogP contribution in [-0.4, -0.2) is 41.3 Å². The third-order valence-electron chi connectivity index (χ3n) is 4.28. The molecule has 2 aromatic heterocycles. The number of aryl methyl sites for hydroxylation is 1. The predicted molar refractivity (Wildman–Crippen MR) is 103 cm³/mol. The molecule has 3 aromatic rings. The van der Waals surface area contributed by atoms with Gasteiger partial charge in [0.15, 0.2) is 5.82 Å². The third kappa shape index (κ3) is 4.20. The van der Waals surface area contributed by atoms with E-state index in [-0.39, 0.29) is 5.82 Å². The van der Waals surface area contributed by atoms with Crippen molar-refractivity contribution >= 4 is 17.3 Å². The Kier molecular flexibility index (Phi) is 4.93. The molecule has 0 spiro atoms. The Morgan fingerprint density at radius 2 is 1.78 bits per heavy atom. The summed E-state index contributed by atoms with van der Waals surface area (Å²) in [4.78, 5) is 16.1. The number of hydrogen-bond donors (Lipinski definition) is 1. The maximum Gasteiger partial charge on any atom is 0.182 e. The van der Waals surface area contributed by atoms with Crippen molar-refractivity contribution in [1.29, 1.82) is 0 Å². The monoisotopic (exact) mass is 365 g/mol.